The van der Waals surface area contributed by atoms with Crippen LogP contribution in [0.2, 0.25) is 0 Å². The Balaban J connectivity index is 1.58. The second-order valence-electron chi connectivity index (χ2n) is 8.13. The van der Waals surface area contributed by atoms with Gasteiger partial charge in [0.15, 0.2) is 0 Å². The molecule has 3 aliphatic rings. The van der Waals surface area contributed by atoms with E-state index in [1.54, 1.807) is 0 Å². The van der Waals surface area contributed by atoms with Gasteiger partial charge in [0.25, 0.3) is 0 Å². The second-order valence-corrected chi connectivity index (χ2v) is 8.13. The molecule has 0 amide bonds. The van der Waals surface area contributed by atoms with Crippen LogP contribution in [-0.2, 0) is 4.79 Å². The van der Waals surface area contributed by atoms with Gasteiger partial charge in [0.2, 0.25) is 0 Å². The summed E-state index contributed by atoms with van der Waals surface area (Å²) in [5.41, 5.74) is 0. The maximum Gasteiger partial charge on any atom is 0.139 e. The summed E-state index contributed by atoms with van der Waals surface area (Å²) in [5, 5.41) is 0. The molecule has 1 heteroatoms. The van der Waals surface area contributed by atoms with E-state index in [4.69, 9.17) is 0 Å². The molecule has 0 aromatic rings. The van der Waals surface area contributed by atoms with Crippen LogP contribution in [-0.4, -0.2) is 5.78 Å². The lowest BCUT2D eigenvalue weighted by Crippen LogP contribution is -2.34. The van der Waals surface area contributed by atoms with Crippen molar-refractivity contribution in [2.45, 2.75) is 96.3 Å². The Hall–Kier alpha value is -0.330. The average Bonchev–Trinajstić information content (AvgIpc) is 2.56. The molecule has 3 rings (SSSR count). The van der Waals surface area contributed by atoms with Gasteiger partial charge in [0.05, 0.1) is 0 Å². The van der Waals surface area contributed by atoms with Crippen molar-refractivity contribution in [2.75, 3.05) is 0 Å². The lowest BCUT2D eigenvalue weighted by molar-refractivity contribution is -0.131. The van der Waals surface area contributed by atoms with Crippen molar-refractivity contribution < 1.29 is 4.79 Å². The summed E-state index contributed by atoms with van der Waals surface area (Å²) in [6.07, 6.45) is 20.2. The predicted octanol–water partition coefficient (Wildman–Crippen LogP) is 5.91. The van der Waals surface area contributed by atoms with Crippen molar-refractivity contribution in [3.63, 3.8) is 0 Å². The van der Waals surface area contributed by atoms with Crippen molar-refractivity contribution >= 4 is 5.78 Å². The summed E-state index contributed by atoms with van der Waals surface area (Å²) in [4.78, 5) is 13.0. The molecule has 21 heavy (non-hydrogen) atoms. The van der Waals surface area contributed by atoms with Gasteiger partial charge in [-0.3, -0.25) is 4.79 Å². The minimum absolute atomic E-state index is 0.440. The van der Waals surface area contributed by atoms with Gasteiger partial charge >= 0.3 is 0 Å². The maximum atomic E-state index is 13.0. The SMILES string of the molecule is O=C(C1CCCCC1)C1CCCCC1CC1CCCCC1. The number of hydrogen-bond acceptors (Lipinski definition) is 1. The Kier molecular flexibility index (Phi) is 5.77. The third kappa shape index (κ3) is 4.11. The van der Waals surface area contributed by atoms with Gasteiger partial charge in [0, 0.05) is 11.8 Å². The van der Waals surface area contributed by atoms with Crippen molar-refractivity contribution in [2.24, 2.45) is 23.7 Å². The standard InChI is InChI=1S/C20H34O/c21-20(17-11-5-2-6-12-17)19-14-8-7-13-18(19)15-16-9-3-1-4-10-16/h16-19H,1-15H2. The Bertz CT molecular complexity index is 323. The largest absolute Gasteiger partial charge is 0.299 e. The number of carbonyl (C=O) groups excluding carboxylic acids is 1. The molecule has 1 nitrogen and oxygen atoms in total. The zero-order chi connectivity index (χ0) is 14.5. The summed E-state index contributed by atoms with van der Waals surface area (Å²) >= 11 is 0. The van der Waals surface area contributed by atoms with Crippen LogP contribution in [0, 0.1) is 23.7 Å². The van der Waals surface area contributed by atoms with E-state index in [2.05, 4.69) is 0 Å². The molecule has 0 heterocycles. The van der Waals surface area contributed by atoms with E-state index in [-0.39, 0.29) is 0 Å². The van der Waals surface area contributed by atoms with Crippen LogP contribution in [0.4, 0.5) is 0 Å². The van der Waals surface area contributed by atoms with Gasteiger partial charge in [-0.05, 0) is 43.9 Å². The molecule has 0 bridgehead atoms. The highest BCUT2D eigenvalue weighted by atomic mass is 16.1. The molecule has 0 radical (unpaired) electrons. The molecule has 0 aliphatic heterocycles. The molecule has 3 saturated carbocycles. The lowest BCUT2D eigenvalue weighted by atomic mass is 9.68. The number of ketones is 1. The van der Waals surface area contributed by atoms with Gasteiger partial charge in [0.1, 0.15) is 5.78 Å². The monoisotopic (exact) mass is 290 g/mol. The summed E-state index contributed by atoms with van der Waals surface area (Å²) in [6, 6.07) is 0. The lowest BCUT2D eigenvalue weighted by Gasteiger charge is -2.36. The highest BCUT2D eigenvalue weighted by Gasteiger charge is 2.36. The Labute approximate surface area is 131 Å². The average molecular weight is 290 g/mol. The van der Waals surface area contributed by atoms with Crippen LogP contribution < -0.4 is 0 Å². The van der Waals surface area contributed by atoms with Crippen LogP contribution in [0.25, 0.3) is 0 Å². The fourth-order valence-electron chi connectivity index (χ4n) is 5.41. The molecule has 0 aromatic carbocycles. The first kappa shape index (κ1) is 15.6. The molecule has 0 aromatic heterocycles. The predicted molar refractivity (Wildman–Crippen MR) is 88.2 cm³/mol. The molecule has 0 saturated heterocycles. The number of Topliss-reactive ketones (excluding diaryl/α,β-unsaturated/α-hetero) is 1. The van der Waals surface area contributed by atoms with Gasteiger partial charge in [-0.2, -0.15) is 0 Å². The molecule has 0 spiro atoms. The van der Waals surface area contributed by atoms with E-state index in [0.717, 1.165) is 11.8 Å². The quantitative estimate of drug-likeness (QED) is 0.628. The molecule has 3 fully saturated rings. The van der Waals surface area contributed by atoms with E-state index in [0.29, 0.717) is 17.6 Å². The van der Waals surface area contributed by atoms with Crippen LogP contribution in [0.3, 0.4) is 0 Å². The van der Waals surface area contributed by atoms with Crippen molar-refractivity contribution in [1.82, 2.24) is 0 Å². The zero-order valence-corrected chi connectivity index (χ0v) is 13.8. The van der Waals surface area contributed by atoms with E-state index < -0.39 is 0 Å². The summed E-state index contributed by atoms with van der Waals surface area (Å²) in [6.45, 7) is 0. The Morgan fingerprint density at radius 1 is 0.667 bits per heavy atom. The minimum atomic E-state index is 0.440. The Morgan fingerprint density at radius 3 is 1.95 bits per heavy atom. The van der Waals surface area contributed by atoms with E-state index in [1.165, 1.54) is 96.3 Å². The van der Waals surface area contributed by atoms with Gasteiger partial charge < -0.3 is 0 Å². The van der Waals surface area contributed by atoms with E-state index in [9.17, 15) is 4.79 Å². The van der Waals surface area contributed by atoms with Gasteiger partial charge in [-0.25, -0.2) is 0 Å². The van der Waals surface area contributed by atoms with Crippen molar-refractivity contribution in [1.29, 1.82) is 0 Å². The summed E-state index contributed by atoms with van der Waals surface area (Å²) in [7, 11) is 0. The van der Waals surface area contributed by atoms with E-state index in [1.807, 2.05) is 0 Å². The first-order valence-corrected chi connectivity index (χ1v) is 9.88. The molecule has 2 unspecified atom stereocenters. The molecule has 120 valence electrons. The fourth-order valence-corrected chi connectivity index (χ4v) is 5.41. The highest BCUT2D eigenvalue weighted by molar-refractivity contribution is 5.83. The zero-order valence-electron chi connectivity index (χ0n) is 13.8. The van der Waals surface area contributed by atoms with Crippen LogP contribution >= 0.6 is 0 Å². The first-order valence-electron chi connectivity index (χ1n) is 9.88. The first-order chi connectivity index (χ1) is 10.3. The number of carbonyl (C=O) groups is 1. The van der Waals surface area contributed by atoms with Gasteiger partial charge in [-0.15, -0.1) is 0 Å². The number of rotatable bonds is 4. The van der Waals surface area contributed by atoms with Crippen molar-refractivity contribution in [3.05, 3.63) is 0 Å². The fraction of sp³-hybridized carbons (Fsp3) is 0.950. The topological polar surface area (TPSA) is 17.1 Å². The Morgan fingerprint density at radius 2 is 1.24 bits per heavy atom. The molecular formula is C20H34O. The molecule has 0 N–H and O–H groups in total. The highest BCUT2D eigenvalue weighted by Crippen LogP contribution is 2.41. The van der Waals surface area contributed by atoms with Gasteiger partial charge in [-0.1, -0.05) is 64.2 Å². The maximum absolute atomic E-state index is 13.0. The summed E-state index contributed by atoms with van der Waals surface area (Å²) < 4.78 is 0. The normalized spacial score (nSPS) is 33.0. The molecule has 2 atom stereocenters. The molecular weight excluding hydrogens is 256 g/mol. The van der Waals surface area contributed by atoms with Crippen LogP contribution in [0.5, 0.6) is 0 Å². The summed E-state index contributed by atoms with van der Waals surface area (Å²) in [5.74, 6) is 3.27. The van der Waals surface area contributed by atoms with E-state index >= 15 is 0 Å². The smallest absolute Gasteiger partial charge is 0.139 e. The molecule has 3 aliphatic carbocycles. The van der Waals surface area contributed by atoms with Crippen molar-refractivity contribution in [3.8, 4) is 0 Å². The number of hydrogen-bond donors (Lipinski definition) is 0. The third-order valence-corrected chi connectivity index (χ3v) is 6.64. The van der Waals surface area contributed by atoms with Crippen LogP contribution in [0.1, 0.15) is 96.3 Å². The van der Waals surface area contributed by atoms with Crippen LogP contribution in [0.15, 0.2) is 0 Å². The second kappa shape index (κ2) is 7.79. The third-order valence-electron chi connectivity index (χ3n) is 6.64. The minimum Gasteiger partial charge on any atom is -0.299 e.